The van der Waals surface area contributed by atoms with Gasteiger partial charge in [-0.05, 0) is 67.4 Å². The molecule has 3 aromatic carbocycles. The highest BCUT2D eigenvalue weighted by atomic mass is 35.5. The van der Waals surface area contributed by atoms with Crippen molar-refractivity contribution in [3.05, 3.63) is 105 Å². The van der Waals surface area contributed by atoms with Crippen molar-refractivity contribution >= 4 is 51.8 Å². The number of carbonyl (C=O) groups excluding carboxylic acids is 1. The maximum atomic E-state index is 12.9. The number of rotatable bonds is 5. The largest absolute Gasteiger partial charge is 0.340 e. The zero-order valence-corrected chi connectivity index (χ0v) is 19.7. The molecule has 0 aliphatic carbocycles. The SMILES string of the molecule is Cc1cc(Cl)ccc1NC(=O)/C(C#N)=C/c1c(C)n(Cc2ccc(Cl)cc2)c2ccccc12. The van der Waals surface area contributed by atoms with Crippen LogP contribution < -0.4 is 5.32 Å². The summed E-state index contributed by atoms with van der Waals surface area (Å²) in [7, 11) is 0. The van der Waals surface area contributed by atoms with Crippen molar-refractivity contribution in [2.45, 2.75) is 20.4 Å². The molecule has 0 aliphatic heterocycles. The standard InChI is InChI=1S/C27H21Cl2N3O/c1-17-13-22(29)11-12-25(17)31-27(33)20(15-30)14-24-18(2)32(26-6-4-3-5-23(24)26)16-19-7-9-21(28)10-8-19/h3-14H,16H2,1-2H3,(H,31,33)/b20-14+. The van der Waals surface area contributed by atoms with Gasteiger partial charge in [0.1, 0.15) is 11.6 Å². The third kappa shape index (κ3) is 4.80. The van der Waals surface area contributed by atoms with Gasteiger partial charge < -0.3 is 9.88 Å². The summed E-state index contributed by atoms with van der Waals surface area (Å²) in [5.41, 5.74) is 5.42. The van der Waals surface area contributed by atoms with Crippen molar-refractivity contribution in [2.24, 2.45) is 0 Å². The lowest BCUT2D eigenvalue weighted by Crippen LogP contribution is -2.14. The molecule has 0 fully saturated rings. The number of benzene rings is 3. The van der Waals surface area contributed by atoms with Gasteiger partial charge in [-0.1, -0.05) is 53.5 Å². The molecule has 0 bridgehead atoms. The van der Waals surface area contributed by atoms with E-state index in [0.717, 1.165) is 33.3 Å². The quantitative estimate of drug-likeness (QED) is 0.247. The van der Waals surface area contributed by atoms with E-state index in [0.29, 0.717) is 22.3 Å². The van der Waals surface area contributed by atoms with E-state index in [4.69, 9.17) is 23.2 Å². The predicted octanol–water partition coefficient (Wildman–Crippen LogP) is 7.16. The van der Waals surface area contributed by atoms with Gasteiger partial charge in [0.25, 0.3) is 5.91 Å². The van der Waals surface area contributed by atoms with E-state index >= 15 is 0 Å². The summed E-state index contributed by atoms with van der Waals surface area (Å²) in [6, 6.07) is 23.0. The highest BCUT2D eigenvalue weighted by Crippen LogP contribution is 2.29. The molecule has 4 nitrogen and oxygen atoms in total. The van der Waals surface area contributed by atoms with E-state index in [9.17, 15) is 10.1 Å². The molecule has 1 amide bonds. The first-order valence-corrected chi connectivity index (χ1v) is 11.1. The first-order chi connectivity index (χ1) is 15.9. The number of hydrogen-bond acceptors (Lipinski definition) is 2. The Kier molecular flexibility index (Phi) is 6.55. The van der Waals surface area contributed by atoms with Crippen LogP contribution in [0.15, 0.2) is 72.3 Å². The summed E-state index contributed by atoms with van der Waals surface area (Å²) in [5, 5.41) is 14.8. The van der Waals surface area contributed by atoms with E-state index in [-0.39, 0.29) is 5.57 Å². The lowest BCUT2D eigenvalue weighted by Gasteiger charge is -2.09. The van der Waals surface area contributed by atoms with E-state index in [2.05, 4.69) is 16.0 Å². The van der Waals surface area contributed by atoms with Crippen molar-refractivity contribution in [1.29, 1.82) is 5.26 Å². The Morgan fingerprint density at radius 3 is 2.42 bits per heavy atom. The number of hydrogen-bond donors (Lipinski definition) is 1. The van der Waals surface area contributed by atoms with Gasteiger partial charge in [-0.25, -0.2) is 0 Å². The van der Waals surface area contributed by atoms with Gasteiger partial charge in [0.15, 0.2) is 0 Å². The van der Waals surface area contributed by atoms with Crippen LogP contribution in [0.3, 0.4) is 0 Å². The smallest absolute Gasteiger partial charge is 0.266 e. The van der Waals surface area contributed by atoms with Crippen molar-refractivity contribution in [2.75, 3.05) is 5.32 Å². The molecule has 1 N–H and O–H groups in total. The molecule has 6 heteroatoms. The predicted molar refractivity (Wildman–Crippen MR) is 136 cm³/mol. The summed E-state index contributed by atoms with van der Waals surface area (Å²) >= 11 is 12.0. The molecule has 0 saturated heterocycles. The second-order valence-electron chi connectivity index (χ2n) is 7.81. The van der Waals surface area contributed by atoms with E-state index in [1.165, 1.54) is 0 Å². The minimum absolute atomic E-state index is 0.0295. The Morgan fingerprint density at radius 2 is 1.73 bits per heavy atom. The van der Waals surface area contributed by atoms with Crippen molar-refractivity contribution < 1.29 is 4.79 Å². The number of carbonyl (C=O) groups is 1. The van der Waals surface area contributed by atoms with Crippen LogP contribution in [0.5, 0.6) is 0 Å². The number of halogens is 2. The van der Waals surface area contributed by atoms with Gasteiger partial charge in [0, 0.05) is 44.4 Å². The first kappa shape index (κ1) is 22.7. The number of fused-ring (bicyclic) bond motifs is 1. The highest BCUT2D eigenvalue weighted by Gasteiger charge is 2.17. The van der Waals surface area contributed by atoms with Gasteiger partial charge in [0.2, 0.25) is 0 Å². The summed E-state index contributed by atoms with van der Waals surface area (Å²) < 4.78 is 2.18. The Labute approximate surface area is 202 Å². The van der Waals surface area contributed by atoms with Crippen LogP contribution in [0.1, 0.15) is 22.4 Å². The van der Waals surface area contributed by atoms with Gasteiger partial charge in [-0.3, -0.25) is 4.79 Å². The molecule has 33 heavy (non-hydrogen) atoms. The van der Waals surface area contributed by atoms with Gasteiger partial charge >= 0.3 is 0 Å². The lowest BCUT2D eigenvalue weighted by atomic mass is 10.1. The highest BCUT2D eigenvalue weighted by molar-refractivity contribution is 6.31. The normalized spacial score (nSPS) is 11.4. The molecule has 0 atom stereocenters. The van der Waals surface area contributed by atoms with Gasteiger partial charge in [0.05, 0.1) is 0 Å². The topological polar surface area (TPSA) is 57.8 Å². The minimum Gasteiger partial charge on any atom is -0.340 e. The van der Waals surface area contributed by atoms with Gasteiger partial charge in [-0.15, -0.1) is 0 Å². The van der Waals surface area contributed by atoms with Crippen LogP contribution in [-0.2, 0) is 11.3 Å². The fourth-order valence-electron chi connectivity index (χ4n) is 3.87. The maximum absolute atomic E-state index is 12.9. The van der Waals surface area contributed by atoms with Crippen molar-refractivity contribution in [3.63, 3.8) is 0 Å². The molecule has 0 unspecified atom stereocenters. The van der Waals surface area contributed by atoms with Crippen LogP contribution in [0.25, 0.3) is 17.0 Å². The molecule has 0 aliphatic rings. The molecule has 0 saturated carbocycles. The Balaban J connectivity index is 1.73. The number of nitriles is 1. The molecule has 4 rings (SSSR count). The van der Waals surface area contributed by atoms with Crippen LogP contribution in [-0.4, -0.2) is 10.5 Å². The fourth-order valence-corrected chi connectivity index (χ4v) is 4.22. The number of para-hydroxylation sites is 1. The third-order valence-electron chi connectivity index (χ3n) is 5.62. The number of anilines is 1. The zero-order chi connectivity index (χ0) is 23.5. The summed E-state index contributed by atoms with van der Waals surface area (Å²) in [6.07, 6.45) is 1.66. The fraction of sp³-hybridized carbons (Fsp3) is 0.111. The summed E-state index contributed by atoms with van der Waals surface area (Å²) in [4.78, 5) is 12.9. The second-order valence-corrected chi connectivity index (χ2v) is 8.68. The molecule has 0 radical (unpaired) electrons. The molecule has 0 spiro atoms. The van der Waals surface area contributed by atoms with Crippen LogP contribution in [0, 0.1) is 25.2 Å². The Bertz CT molecular complexity index is 1430. The maximum Gasteiger partial charge on any atom is 0.266 e. The first-order valence-electron chi connectivity index (χ1n) is 10.4. The summed E-state index contributed by atoms with van der Waals surface area (Å²) in [6.45, 7) is 4.50. The number of nitrogens with one attached hydrogen (secondary N) is 1. The van der Waals surface area contributed by atoms with Crippen LogP contribution in [0.4, 0.5) is 5.69 Å². The Morgan fingerprint density at radius 1 is 1.03 bits per heavy atom. The molecular weight excluding hydrogens is 453 g/mol. The molecule has 4 aromatic rings. The van der Waals surface area contributed by atoms with E-state index in [1.54, 1.807) is 24.3 Å². The van der Waals surface area contributed by atoms with Crippen molar-refractivity contribution in [3.8, 4) is 6.07 Å². The van der Waals surface area contributed by atoms with E-state index in [1.807, 2.05) is 62.4 Å². The Hall–Kier alpha value is -3.52. The average Bonchev–Trinajstić information content (AvgIpc) is 3.06. The molecule has 164 valence electrons. The number of aromatic nitrogens is 1. The average molecular weight is 474 g/mol. The zero-order valence-electron chi connectivity index (χ0n) is 18.2. The number of amides is 1. The monoisotopic (exact) mass is 473 g/mol. The van der Waals surface area contributed by atoms with Crippen LogP contribution >= 0.6 is 23.2 Å². The van der Waals surface area contributed by atoms with E-state index < -0.39 is 5.91 Å². The second kappa shape index (κ2) is 9.54. The molecule has 1 aromatic heterocycles. The molecular formula is C27H21Cl2N3O. The van der Waals surface area contributed by atoms with Crippen molar-refractivity contribution in [1.82, 2.24) is 4.57 Å². The molecule has 1 heterocycles. The summed E-state index contributed by atoms with van der Waals surface area (Å²) in [5.74, 6) is -0.461. The lowest BCUT2D eigenvalue weighted by molar-refractivity contribution is -0.112. The third-order valence-corrected chi connectivity index (χ3v) is 6.11. The van der Waals surface area contributed by atoms with Crippen LogP contribution in [0.2, 0.25) is 10.0 Å². The minimum atomic E-state index is -0.461. The number of aryl methyl sites for hydroxylation is 1. The van der Waals surface area contributed by atoms with Gasteiger partial charge in [-0.2, -0.15) is 5.26 Å². The number of nitrogens with zero attached hydrogens (tertiary/aromatic N) is 2.